The number of ether oxygens (including phenoxy) is 2. The van der Waals surface area contributed by atoms with E-state index >= 15 is 0 Å². The molecule has 2 rings (SSSR count). The fraction of sp³-hybridized carbons (Fsp3) is 0.364. The van der Waals surface area contributed by atoms with E-state index in [-0.39, 0.29) is 0 Å². The Morgan fingerprint density at radius 3 is 2.35 bits per heavy atom. The van der Waals surface area contributed by atoms with Gasteiger partial charge in [-0.1, -0.05) is 12.1 Å². The van der Waals surface area contributed by atoms with Gasteiger partial charge in [-0.05, 0) is 12.1 Å². The molecular formula is C11H11F2NO3. The normalized spacial score (nSPS) is 16.4. The highest BCUT2D eigenvalue weighted by atomic mass is 19.3. The van der Waals surface area contributed by atoms with Gasteiger partial charge < -0.3 is 14.8 Å². The largest absolute Gasteiger partial charge is 0.346 e. The van der Waals surface area contributed by atoms with E-state index in [4.69, 9.17) is 9.47 Å². The molecule has 1 aliphatic rings. The third-order valence-electron chi connectivity index (χ3n) is 2.27. The molecule has 1 aromatic rings. The van der Waals surface area contributed by atoms with Gasteiger partial charge in [0.15, 0.2) is 6.29 Å². The van der Waals surface area contributed by atoms with Gasteiger partial charge in [0.2, 0.25) is 0 Å². The molecule has 4 nitrogen and oxygen atoms in total. The van der Waals surface area contributed by atoms with Crippen LogP contribution < -0.4 is 5.32 Å². The van der Waals surface area contributed by atoms with Gasteiger partial charge in [0, 0.05) is 11.3 Å². The van der Waals surface area contributed by atoms with Gasteiger partial charge in [-0.25, -0.2) is 0 Å². The third kappa shape index (κ3) is 2.98. The number of amides is 1. The van der Waals surface area contributed by atoms with Crippen LogP contribution in [-0.4, -0.2) is 25.5 Å². The predicted octanol–water partition coefficient (Wildman–Crippen LogP) is 1.94. The molecule has 0 aliphatic carbocycles. The van der Waals surface area contributed by atoms with Crippen molar-refractivity contribution in [3.05, 3.63) is 29.8 Å². The Bertz CT molecular complexity index is 388. The van der Waals surface area contributed by atoms with Crippen LogP contribution in [0.1, 0.15) is 11.9 Å². The Morgan fingerprint density at radius 2 is 1.82 bits per heavy atom. The second-order valence-corrected chi connectivity index (χ2v) is 3.49. The van der Waals surface area contributed by atoms with Gasteiger partial charge >= 0.3 is 6.43 Å². The molecular weight excluding hydrogens is 232 g/mol. The van der Waals surface area contributed by atoms with Crippen LogP contribution in [0.2, 0.25) is 0 Å². The van der Waals surface area contributed by atoms with Crippen molar-refractivity contribution in [2.75, 3.05) is 18.5 Å². The molecule has 1 N–H and O–H groups in total. The number of halogens is 2. The fourth-order valence-electron chi connectivity index (χ4n) is 1.47. The smallest absolute Gasteiger partial charge is 0.315 e. The summed E-state index contributed by atoms with van der Waals surface area (Å²) < 4.78 is 34.5. The monoisotopic (exact) mass is 243 g/mol. The lowest BCUT2D eigenvalue weighted by Crippen LogP contribution is -2.19. The summed E-state index contributed by atoms with van der Waals surface area (Å²) in [5.74, 6) is -1.31. The van der Waals surface area contributed by atoms with Crippen LogP contribution in [0.15, 0.2) is 24.3 Å². The quantitative estimate of drug-likeness (QED) is 0.882. The summed E-state index contributed by atoms with van der Waals surface area (Å²) in [6.45, 7) is 1.07. The Kier molecular flexibility index (Phi) is 3.65. The van der Waals surface area contributed by atoms with E-state index < -0.39 is 18.6 Å². The lowest BCUT2D eigenvalue weighted by atomic mass is 10.2. The summed E-state index contributed by atoms with van der Waals surface area (Å²) in [5.41, 5.74) is 1.11. The molecule has 92 valence electrons. The van der Waals surface area contributed by atoms with Crippen molar-refractivity contribution < 1.29 is 23.0 Å². The third-order valence-corrected chi connectivity index (χ3v) is 2.27. The Hall–Kier alpha value is -1.53. The molecule has 17 heavy (non-hydrogen) atoms. The standard InChI is InChI=1S/C11H11F2NO3/c12-9(13)10(15)14-8-3-1-7(2-4-8)11-16-5-6-17-11/h1-4,9,11H,5-6H2,(H,14,15). The Morgan fingerprint density at radius 1 is 1.24 bits per heavy atom. The molecule has 6 heteroatoms. The van der Waals surface area contributed by atoms with Crippen molar-refractivity contribution >= 4 is 11.6 Å². The van der Waals surface area contributed by atoms with E-state index in [0.29, 0.717) is 18.9 Å². The Labute approximate surface area is 96.5 Å². The topological polar surface area (TPSA) is 47.6 Å². The number of alkyl halides is 2. The summed E-state index contributed by atoms with van der Waals surface area (Å²) in [6, 6.07) is 6.38. The molecule has 0 atom stereocenters. The first-order valence-corrected chi connectivity index (χ1v) is 5.09. The summed E-state index contributed by atoms with van der Waals surface area (Å²) in [5, 5.41) is 2.09. The van der Waals surface area contributed by atoms with Crippen LogP contribution >= 0.6 is 0 Å². The van der Waals surface area contributed by atoms with E-state index in [0.717, 1.165) is 5.56 Å². The van der Waals surface area contributed by atoms with Crippen LogP contribution in [0, 0.1) is 0 Å². The van der Waals surface area contributed by atoms with E-state index in [1.54, 1.807) is 12.1 Å². The predicted molar refractivity (Wildman–Crippen MR) is 55.7 cm³/mol. The van der Waals surface area contributed by atoms with Crippen LogP contribution in [0.25, 0.3) is 0 Å². The van der Waals surface area contributed by atoms with Gasteiger partial charge in [-0.15, -0.1) is 0 Å². The minimum absolute atomic E-state index is 0.317. The zero-order valence-electron chi connectivity index (χ0n) is 8.86. The maximum atomic E-state index is 12.0. The number of hydrogen-bond acceptors (Lipinski definition) is 3. The number of benzene rings is 1. The van der Waals surface area contributed by atoms with Crippen molar-refractivity contribution in [2.45, 2.75) is 12.7 Å². The lowest BCUT2D eigenvalue weighted by Gasteiger charge is -2.10. The minimum Gasteiger partial charge on any atom is -0.346 e. The second-order valence-electron chi connectivity index (χ2n) is 3.49. The molecule has 0 radical (unpaired) electrons. The fourth-order valence-corrected chi connectivity index (χ4v) is 1.47. The molecule has 1 aromatic carbocycles. The number of anilines is 1. The highest BCUT2D eigenvalue weighted by Gasteiger charge is 2.18. The van der Waals surface area contributed by atoms with Crippen molar-refractivity contribution in [1.29, 1.82) is 0 Å². The molecule has 1 heterocycles. The molecule has 0 spiro atoms. The van der Waals surface area contributed by atoms with Crippen molar-refractivity contribution in [2.24, 2.45) is 0 Å². The maximum Gasteiger partial charge on any atom is 0.315 e. The van der Waals surface area contributed by atoms with Crippen molar-refractivity contribution in [3.63, 3.8) is 0 Å². The van der Waals surface area contributed by atoms with Crippen LogP contribution in [-0.2, 0) is 14.3 Å². The molecule has 0 saturated carbocycles. The summed E-state index contributed by atoms with van der Waals surface area (Å²) in [6.07, 6.45) is -3.42. The van der Waals surface area contributed by atoms with E-state index in [1.807, 2.05) is 0 Å². The lowest BCUT2D eigenvalue weighted by molar-refractivity contribution is -0.126. The van der Waals surface area contributed by atoms with Crippen LogP contribution in [0.4, 0.5) is 14.5 Å². The molecule has 1 saturated heterocycles. The first-order chi connectivity index (χ1) is 8.16. The molecule has 0 aromatic heterocycles. The highest BCUT2D eigenvalue weighted by molar-refractivity contribution is 5.92. The van der Waals surface area contributed by atoms with E-state index in [1.165, 1.54) is 12.1 Å². The number of rotatable bonds is 3. The average molecular weight is 243 g/mol. The zero-order valence-corrected chi connectivity index (χ0v) is 8.86. The minimum atomic E-state index is -3.02. The molecule has 0 unspecified atom stereocenters. The first-order valence-electron chi connectivity index (χ1n) is 5.09. The molecule has 0 bridgehead atoms. The summed E-state index contributed by atoms with van der Waals surface area (Å²) in [7, 11) is 0. The molecule has 1 amide bonds. The van der Waals surface area contributed by atoms with Crippen LogP contribution in [0.5, 0.6) is 0 Å². The van der Waals surface area contributed by atoms with Gasteiger partial charge in [-0.2, -0.15) is 8.78 Å². The SMILES string of the molecule is O=C(Nc1ccc(C2OCCO2)cc1)C(F)F. The van der Waals surface area contributed by atoms with Crippen LogP contribution in [0.3, 0.4) is 0 Å². The van der Waals surface area contributed by atoms with Gasteiger partial charge in [0.1, 0.15) is 0 Å². The summed E-state index contributed by atoms with van der Waals surface area (Å²) in [4.78, 5) is 10.7. The van der Waals surface area contributed by atoms with E-state index in [9.17, 15) is 13.6 Å². The number of carbonyl (C=O) groups excluding carboxylic acids is 1. The highest BCUT2D eigenvalue weighted by Crippen LogP contribution is 2.24. The Balaban J connectivity index is 2.00. The molecule has 1 aliphatic heterocycles. The summed E-state index contributed by atoms with van der Waals surface area (Å²) >= 11 is 0. The maximum absolute atomic E-state index is 12.0. The average Bonchev–Trinajstić information content (AvgIpc) is 2.83. The second kappa shape index (κ2) is 5.20. The number of carbonyl (C=O) groups is 1. The van der Waals surface area contributed by atoms with Crippen molar-refractivity contribution in [3.8, 4) is 0 Å². The van der Waals surface area contributed by atoms with E-state index in [2.05, 4.69) is 5.32 Å². The van der Waals surface area contributed by atoms with Crippen molar-refractivity contribution in [1.82, 2.24) is 0 Å². The van der Waals surface area contributed by atoms with Gasteiger partial charge in [0.25, 0.3) is 5.91 Å². The number of nitrogens with one attached hydrogen (secondary N) is 1. The van der Waals surface area contributed by atoms with Gasteiger partial charge in [0.05, 0.1) is 13.2 Å². The zero-order chi connectivity index (χ0) is 12.3. The number of hydrogen-bond donors (Lipinski definition) is 1. The first kappa shape index (κ1) is 11.9. The van der Waals surface area contributed by atoms with Gasteiger partial charge in [-0.3, -0.25) is 4.79 Å². The molecule has 1 fully saturated rings.